The van der Waals surface area contributed by atoms with Gasteiger partial charge in [0.25, 0.3) is 0 Å². The first kappa shape index (κ1) is 29.8. The van der Waals surface area contributed by atoms with Crippen LogP contribution < -0.4 is 20.1 Å². The number of nitriles is 2. The molecule has 0 bridgehead atoms. The zero-order valence-corrected chi connectivity index (χ0v) is 24.2. The van der Waals surface area contributed by atoms with Crippen molar-refractivity contribution in [3.8, 4) is 23.6 Å². The zero-order chi connectivity index (χ0) is 30.1. The molecule has 4 aromatic rings. The van der Waals surface area contributed by atoms with E-state index < -0.39 is 0 Å². The fourth-order valence-corrected chi connectivity index (χ4v) is 4.36. The number of amides is 1. The monoisotopic (exact) mass is 563 g/mol. The molecule has 2 N–H and O–H groups in total. The van der Waals surface area contributed by atoms with E-state index in [-0.39, 0.29) is 12.5 Å². The normalized spacial score (nSPS) is 10.6. The summed E-state index contributed by atoms with van der Waals surface area (Å²) in [5.74, 6) is 0.783. The smallest absolute Gasteiger partial charge is 0.224 e. The molecule has 0 spiro atoms. The summed E-state index contributed by atoms with van der Waals surface area (Å²) in [6.45, 7) is 5.25. The van der Waals surface area contributed by atoms with Gasteiger partial charge in [0.1, 0.15) is 30.2 Å². The standard InChI is InChI=1S/C32H33N7O3/c1-5-41-30-16-26-25(15-27(30)38-31(40)9-7-13-39(3)4)32(23(18-34)19-36-26)37-24-10-11-29(22(14-24)17-33)42-20-28-21(2)8-6-12-35-28/h6,8,10-12,14-16,19H,5,7,9,13,20H2,1-4H3,(H,36,37)(H,38,40). The van der Waals surface area contributed by atoms with Crippen molar-refractivity contribution in [2.45, 2.75) is 33.3 Å². The summed E-state index contributed by atoms with van der Waals surface area (Å²) in [5, 5.41) is 26.6. The molecule has 214 valence electrons. The Bertz CT molecular complexity index is 1670. The summed E-state index contributed by atoms with van der Waals surface area (Å²) in [7, 11) is 3.93. The minimum Gasteiger partial charge on any atom is -0.492 e. The fraction of sp³-hybridized carbons (Fsp3) is 0.281. The molecule has 2 heterocycles. The predicted octanol–water partition coefficient (Wildman–Crippen LogP) is 5.68. The van der Waals surface area contributed by atoms with E-state index in [4.69, 9.17) is 9.47 Å². The molecule has 10 heteroatoms. The lowest BCUT2D eigenvalue weighted by Crippen LogP contribution is -2.17. The number of nitrogens with one attached hydrogen (secondary N) is 2. The molecule has 2 aromatic heterocycles. The lowest BCUT2D eigenvalue weighted by Gasteiger charge is -2.17. The lowest BCUT2D eigenvalue weighted by atomic mass is 10.1. The van der Waals surface area contributed by atoms with Gasteiger partial charge in [0.2, 0.25) is 5.91 Å². The van der Waals surface area contributed by atoms with Gasteiger partial charge >= 0.3 is 0 Å². The number of carbonyl (C=O) groups is 1. The Labute approximate surface area is 245 Å². The van der Waals surface area contributed by atoms with Gasteiger partial charge < -0.3 is 25.0 Å². The van der Waals surface area contributed by atoms with Crippen molar-refractivity contribution < 1.29 is 14.3 Å². The molecule has 10 nitrogen and oxygen atoms in total. The molecule has 0 aliphatic rings. The van der Waals surface area contributed by atoms with Gasteiger partial charge in [-0.3, -0.25) is 14.8 Å². The van der Waals surface area contributed by atoms with Gasteiger partial charge in [-0.1, -0.05) is 6.07 Å². The van der Waals surface area contributed by atoms with Crippen molar-refractivity contribution in [2.75, 3.05) is 37.9 Å². The largest absolute Gasteiger partial charge is 0.492 e. The summed E-state index contributed by atoms with van der Waals surface area (Å²) >= 11 is 0. The van der Waals surface area contributed by atoms with E-state index in [1.54, 1.807) is 36.5 Å². The summed E-state index contributed by atoms with van der Waals surface area (Å²) in [5.41, 5.74) is 4.57. The average molecular weight is 564 g/mol. The molecule has 0 aliphatic carbocycles. The van der Waals surface area contributed by atoms with Crippen LogP contribution >= 0.6 is 0 Å². The Hall–Kier alpha value is -5.19. The Morgan fingerprint density at radius 1 is 1.02 bits per heavy atom. The number of aryl methyl sites for hydroxylation is 1. The highest BCUT2D eigenvalue weighted by atomic mass is 16.5. The summed E-state index contributed by atoms with van der Waals surface area (Å²) in [4.78, 5) is 23.6. The third kappa shape index (κ3) is 7.30. The first-order valence-electron chi connectivity index (χ1n) is 13.6. The quantitative estimate of drug-likeness (QED) is 0.223. The second kappa shape index (κ2) is 13.9. The number of carbonyl (C=O) groups excluding carboxylic acids is 1. The Morgan fingerprint density at radius 2 is 1.83 bits per heavy atom. The molecule has 2 aromatic carbocycles. The first-order valence-corrected chi connectivity index (χ1v) is 13.6. The summed E-state index contributed by atoms with van der Waals surface area (Å²) < 4.78 is 11.7. The molecule has 0 unspecified atom stereocenters. The van der Waals surface area contributed by atoms with E-state index >= 15 is 0 Å². The van der Waals surface area contributed by atoms with Crippen LogP contribution in [0.3, 0.4) is 0 Å². The van der Waals surface area contributed by atoms with Crippen molar-refractivity contribution in [1.82, 2.24) is 14.9 Å². The third-order valence-corrected chi connectivity index (χ3v) is 6.52. The minimum atomic E-state index is -0.133. The maximum atomic E-state index is 12.7. The number of ether oxygens (including phenoxy) is 2. The van der Waals surface area contributed by atoms with Crippen LogP contribution in [0.1, 0.15) is 42.1 Å². The van der Waals surface area contributed by atoms with Crippen molar-refractivity contribution >= 4 is 33.9 Å². The SMILES string of the molecule is CCOc1cc2ncc(C#N)c(Nc3ccc(OCc4ncccc4C)c(C#N)c3)c2cc1NC(=O)CCCN(C)C. The molecule has 42 heavy (non-hydrogen) atoms. The molecular weight excluding hydrogens is 530 g/mol. The maximum Gasteiger partial charge on any atom is 0.224 e. The lowest BCUT2D eigenvalue weighted by molar-refractivity contribution is -0.116. The van der Waals surface area contributed by atoms with Gasteiger partial charge in [0, 0.05) is 36.0 Å². The second-order valence-electron chi connectivity index (χ2n) is 9.92. The molecule has 0 aliphatic heterocycles. The second-order valence-corrected chi connectivity index (χ2v) is 9.92. The van der Waals surface area contributed by atoms with Crippen molar-refractivity contribution in [3.05, 3.63) is 77.2 Å². The first-order chi connectivity index (χ1) is 20.3. The number of pyridine rings is 2. The molecule has 4 rings (SSSR count). The van der Waals surface area contributed by atoms with Crippen LogP contribution in [0.25, 0.3) is 10.9 Å². The summed E-state index contributed by atoms with van der Waals surface area (Å²) in [6.07, 6.45) is 4.26. The number of aromatic nitrogens is 2. The molecule has 0 saturated heterocycles. The number of rotatable bonds is 12. The van der Waals surface area contributed by atoms with E-state index in [1.165, 1.54) is 6.20 Å². The molecule has 0 radical (unpaired) electrons. The van der Waals surface area contributed by atoms with E-state index in [0.29, 0.717) is 70.0 Å². The summed E-state index contributed by atoms with van der Waals surface area (Å²) in [6, 6.07) is 16.8. The highest BCUT2D eigenvalue weighted by Crippen LogP contribution is 2.37. The number of fused-ring (bicyclic) bond motifs is 1. The maximum absolute atomic E-state index is 12.7. The van der Waals surface area contributed by atoms with Gasteiger partial charge in [-0.15, -0.1) is 0 Å². The minimum absolute atomic E-state index is 0.133. The topological polar surface area (TPSA) is 136 Å². The highest BCUT2D eigenvalue weighted by Gasteiger charge is 2.17. The van der Waals surface area contributed by atoms with Gasteiger partial charge in [-0.25, -0.2) is 0 Å². The number of nitrogens with zero attached hydrogens (tertiary/aromatic N) is 5. The van der Waals surface area contributed by atoms with E-state index in [2.05, 4.69) is 32.7 Å². The number of anilines is 3. The van der Waals surface area contributed by atoms with E-state index in [1.807, 2.05) is 45.0 Å². The van der Waals surface area contributed by atoms with Crippen LogP contribution in [-0.4, -0.2) is 48.0 Å². The van der Waals surface area contributed by atoms with Gasteiger partial charge in [-0.2, -0.15) is 10.5 Å². The fourth-order valence-electron chi connectivity index (χ4n) is 4.36. The van der Waals surface area contributed by atoms with Crippen LogP contribution in [0.2, 0.25) is 0 Å². The molecule has 0 fully saturated rings. The van der Waals surface area contributed by atoms with E-state index in [0.717, 1.165) is 17.8 Å². The van der Waals surface area contributed by atoms with Crippen molar-refractivity contribution in [3.63, 3.8) is 0 Å². The molecular formula is C32H33N7O3. The Balaban J connectivity index is 1.65. The predicted molar refractivity (Wildman–Crippen MR) is 162 cm³/mol. The molecule has 0 saturated carbocycles. The number of benzene rings is 2. The van der Waals surface area contributed by atoms with Crippen molar-refractivity contribution in [2.24, 2.45) is 0 Å². The molecule has 0 atom stereocenters. The Morgan fingerprint density at radius 3 is 2.55 bits per heavy atom. The third-order valence-electron chi connectivity index (χ3n) is 6.52. The van der Waals surface area contributed by atoms with E-state index in [9.17, 15) is 15.3 Å². The van der Waals surface area contributed by atoms with Crippen LogP contribution in [0, 0.1) is 29.6 Å². The van der Waals surface area contributed by atoms with Crippen molar-refractivity contribution in [1.29, 1.82) is 10.5 Å². The number of hydrogen-bond donors (Lipinski definition) is 2. The molecule has 1 amide bonds. The van der Waals surface area contributed by atoms with Crippen LogP contribution in [0.15, 0.2) is 54.9 Å². The van der Waals surface area contributed by atoms with Crippen LogP contribution in [0.5, 0.6) is 11.5 Å². The van der Waals surface area contributed by atoms with Gasteiger partial charge in [0.05, 0.1) is 40.3 Å². The number of hydrogen-bond acceptors (Lipinski definition) is 9. The van der Waals surface area contributed by atoms with Crippen LogP contribution in [-0.2, 0) is 11.4 Å². The van der Waals surface area contributed by atoms with Gasteiger partial charge in [-0.05, 0) is 76.8 Å². The highest BCUT2D eigenvalue weighted by molar-refractivity contribution is 6.02. The van der Waals surface area contributed by atoms with Crippen LogP contribution in [0.4, 0.5) is 17.1 Å². The Kier molecular flexibility index (Phi) is 9.88. The zero-order valence-electron chi connectivity index (χ0n) is 24.2. The average Bonchev–Trinajstić information content (AvgIpc) is 2.97. The van der Waals surface area contributed by atoms with Gasteiger partial charge in [0.15, 0.2) is 0 Å².